The van der Waals surface area contributed by atoms with E-state index < -0.39 is 17.3 Å². The first kappa shape index (κ1) is 16.9. The Labute approximate surface area is 149 Å². The van der Waals surface area contributed by atoms with Gasteiger partial charge < -0.3 is 23.7 Å². The number of hydrogen-bond donors (Lipinski definition) is 1. The third-order valence-corrected chi connectivity index (χ3v) is 4.99. The van der Waals surface area contributed by atoms with Crippen LogP contribution in [-0.4, -0.2) is 35.5 Å². The van der Waals surface area contributed by atoms with Crippen LogP contribution < -0.4 is 15.1 Å². The SMILES string of the molecule is C[C@@H]1C[C@@H](C[C@@](C)(O)[C@@H]2COc3ccc4ccc(=O)oc4c3O2)OC1=O. The Kier molecular flexibility index (Phi) is 3.91. The maximum Gasteiger partial charge on any atom is 0.336 e. The highest BCUT2D eigenvalue weighted by molar-refractivity contribution is 5.85. The van der Waals surface area contributed by atoms with Gasteiger partial charge in [0.25, 0.3) is 0 Å². The summed E-state index contributed by atoms with van der Waals surface area (Å²) in [5, 5.41) is 11.6. The van der Waals surface area contributed by atoms with E-state index in [1.54, 1.807) is 25.1 Å². The highest BCUT2D eigenvalue weighted by atomic mass is 16.6. The van der Waals surface area contributed by atoms with Gasteiger partial charge in [-0.2, -0.15) is 0 Å². The average molecular weight is 360 g/mol. The summed E-state index contributed by atoms with van der Waals surface area (Å²) in [4.78, 5) is 23.2. The molecular formula is C19H20O7. The number of rotatable bonds is 3. The highest BCUT2D eigenvalue weighted by Gasteiger charge is 2.43. The third kappa shape index (κ3) is 2.92. The van der Waals surface area contributed by atoms with Crippen molar-refractivity contribution in [3.05, 3.63) is 34.7 Å². The van der Waals surface area contributed by atoms with Gasteiger partial charge in [-0.25, -0.2) is 4.79 Å². The van der Waals surface area contributed by atoms with E-state index in [9.17, 15) is 14.7 Å². The summed E-state index contributed by atoms with van der Waals surface area (Å²) in [5.41, 5.74) is -1.49. The predicted octanol–water partition coefficient (Wildman–Crippen LogP) is 2.03. The Morgan fingerprint density at radius 2 is 1.96 bits per heavy atom. The summed E-state index contributed by atoms with van der Waals surface area (Å²) in [5.74, 6) is 0.344. The van der Waals surface area contributed by atoms with E-state index in [2.05, 4.69) is 0 Å². The Balaban J connectivity index is 1.60. The van der Waals surface area contributed by atoms with Crippen molar-refractivity contribution >= 4 is 16.9 Å². The van der Waals surface area contributed by atoms with Gasteiger partial charge in [-0.1, -0.05) is 6.92 Å². The van der Waals surface area contributed by atoms with Gasteiger partial charge in [0, 0.05) is 17.9 Å². The summed E-state index contributed by atoms with van der Waals surface area (Å²) in [6.45, 7) is 3.57. The first-order valence-corrected chi connectivity index (χ1v) is 8.63. The second-order valence-electron chi connectivity index (χ2n) is 7.24. The van der Waals surface area contributed by atoms with Gasteiger partial charge in [-0.3, -0.25) is 4.79 Å². The zero-order valence-electron chi connectivity index (χ0n) is 14.6. The fourth-order valence-corrected chi connectivity index (χ4v) is 3.50. The number of cyclic esters (lactones) is 1. The van der Waals surface area contributed by atoms with Crippen LogP contribution in [0.25, 0.3) is 11.0 Å². The predicted molar refractivity (Wildman–Crippen MR) is 91.3 cm³/mol. The molecule has 2 aromatic rings. The molecule has 1 aromatic carbocycles. The highest BCUT2D eigenvalue weighted by Crippen LogP contribution is 2.41. The lowest BCUT2D eigenvalue weighted by Crippen LogP contribution is -2.50. The van der Waals surface area contributed by atoms with E-state index in [4.69, 9.17) is 18.6 Å². The Hall–Kier alpha value is -2.54. The third-order valence-electron chi connectivity index (χ3n) is 4.99. The van der Waals surface area contributed by atoms with Crippen molar-refractivity contribution in [1.29, 1.82) is 0 Å². The van der Waals surface area contributed by atoms with Crippen LogP contribution in [0.1, 0.15) is 26.7 Å². The molecule has 0 unspecified atom stereocenters. The van der Waals surface area contributed by atoms with E-state index in [0.717, 1.165) is 0 Å². The quantitative estimate of drug-likeness (QED) is 0.661. The fourth-order valence-electron chi connectivity index (χ4n) is 3.50. The van der Waals surface area contributed by atoms with Gasteiger partial charge in [0.15, 0.2) is 17.4 Å². The number of hydrogen-bond acceptors (Lipinski definition) is 7. The normalized spacial score (nSPS) is 27.2. The Morgan fingerprint density at radius 1 is 1.19 bits per heavy atom. The Bertz CT molecular complexity index is 914. The molecule has 2 aliphatic heterocycles. The molecule has 2 aliphatic rings. The molecule has 0 spiro atoms. The lowest BCUT2D eigenvalue weighted by molar-refractivity contribution is -0.148. The van der Waals surface area contributed by atoms with Gasteiger partial charge in [0.05, 0.1) is 5.92 Å². The molecule has 7 nitrogen and oxygen atoms in total. The summed E-state index contributed by atoms with van der Waals surface area (Å²) in [6.07, 6.45) is -0.248. The first-order chi connectivity index (χ1) is 12.3. The topological polar surface area (TPSA) is 95.2 Å². The summed E-state index contributed by atoms with van der Waals surface area (Å²) in [7, 11) is 0. The summed E-state index contributed by atoms with van der Waals surface area (Å²) >= 11 is 0. The Morgan fingerprint density at radius 3 is 2.69 bits per heavy atom. The number of carbonyl (C=O) groups is 1. The van der Waals surface area contributed by atoms with Crippen molar-refractivity contribution < 1.29 is 28.5 Å². The van der Waals surface area contributed by atoms with E-state index in [1.165, 1.54) is 6.07 Å². The number of benzene rings is 1. The number of carbonyl (C=O) groups excluding carboxylic acids is 1. The van der Waals surface area contributed by atoms with Crippen LogP contribution in [0.5, 0.6) is 11.5 Å². The van der Waals surface area contributed by atoms with Crippen LogP contribution in [0.2, 0.25) is 0 Å². The van der Waals surface area contributed by atoms with Gasteiger partial charge >= 0.3 is 11.6 Å². The molecular weight excluding hydrogens is 340 g/mol. The lowest BCUT2D eigenvalue weighted by atomic mass is 9.89. The lowest BCUT2D eigenvalue weighted by Gasteiger charge is -2.37. The molecule has 1 N–H and O–H groups in total. The van der Waals surface area contributed by atoms with Crippen LogP contribution in [0.15, 0.2) is 33.5 Å². The minimum absolute atomic E-state index is 0.138. The van der Waals surface area contributed by atoms with E-state index in [-0.39, 0.29) is 36.6 Å². The molecule has 1 saturated heterocycles. The van der Waals surface area contributed by atoms with Crippen LogP contribution in [0.3, 0.4) is 0 Å². The summed E-state index contributed by atoms with van der Waals surface area (Å²) < 4.78 is 22.3. The van der Waals surface area contributed by atoms with Gasteiger partial charge in [0.1, 0.15) is 18.3 Å². The molecule has 1 fully saturated rings. The van der Waals surface area contributed by atoms with E-state index in [0.29, 0.717) is 23.3 Å². The van der Waals surface area contributed by atoms with Crippen molar-refractivity contribution in [2.45, 2.75) is 44.5 Å². The second kappa shape index (κ2) is 6.02. The average Bonchev–Trinajstić information content (AvgIpc) is 2.91. The van der Waals surface area contributed by atoms with Crippen LogP contribution >= 0.6 is 0 Å². The molecule has 26 heavy (non-hydrogen) atoms. The molecule has 0 saturated carbocycles. The van der Waals surface area contributed by atoms with Crippen LogP contribution in [0.4, 0.5) is 0 Å². The smallest absolute Gasteiger partial charge is 0.336 e. The van der Waals surface area contributed by atoms with Crippen molar-refractivity contribution in [1.82, 2.24) is 0 Å². The molecule has 0 aliphatic carbocycles. The molecule has 0 amide bonds. The van der Waals surface area contributed by atoms with Gasteiger partial charge in [0.2, 0.25) is 5.75 Å². The van der Waals surface area contributed by atoms with Crippen molar-refractivity contribution in [3.8, 4) is 11.5 Å². The molecule has 4 atom stereocenters. The standard InChI is InChI=1S/C19H20O7/c1-10-7-12(24-18(10)21)8-19(2,22)14-9-23-13-5-3-11-4-6-15(20)26-16(11)17(13)25-14/h3-6,10,12,14,22H,7-9H2,1-2H3/t10-,12+,14+,19-/m1/s1. The fraction of sp³-hybridized carbons (Fsp3) is 0.474. The minimum atomic E-state index is -1.29. The second-order valence-corrected chi connectivity index (χ2v) is 7.24. The van der Waals surface area contributed by atoms with Crippen LogP contribution in [0, 0.1) is 5.92 Å². The number of fused-ring (bicyclic) bond motifs is 3. The van der Waals surface area contributed by atoms with Gasteiger partial charge in [-0.15, -0.1) is 0 Å². The van der Waals surface area contributed by atoms with E-state index >= 15 is 0 Å². The first-order valence-electron chi connectivity index (χ1n) is 8.63. The largest absolute Gasteiger partial charge is 0.486 e. The van der Waals surface area contributed by atoms with Crippen molar-refractivity contribution in [2.75, 3.05) is 6.61 Å². The zero-order chi connectivity index (χ0) is 18.5. The summed E-state index contributed by atoms with van der Waals surface area (Å²) in [6, 6.07) is 6.49. The molecule has 138 valence electrons. The zero-order valence-corrected chi connectivity index (χ0v) is 14.6. The molecule has 4 rings (SSSR count). The molecule has 3 heterocycles. The molecule has 7 heteroatoms. The van der Waals surface area contributed by atoms with Crippen molar-refractivity contribution in [3.63, 3.8) is 0 Å². The monoisotopic (exact) mass is 360 g/mol. The maximum atomic E-state index is 11.6. The van der Waals surface area contributed by atoms with Crippen LogP contribution in [-0.2, 0) is 9.53 Å². The molecule has 0 radical (unpaired) electrons. The number of aliphatic hydroxyl groups is 1. The van der Waals surface area contributed by atoms with E-state index in [1.807, 2.05) is 6.92 Å². The van der Waals surface area contributed by atoms with Crippen molar-refractivity contribution in [2.24, 2.45) is 5.92 Å². The maximum absolute atomic E-state index is 11.6. The minimum Gasteiger partial charge on any atom is -0.486 e. The number of ether oxygens (including phenoxy) is 3. The van der Waals surface area contributed by atoms with Gasteiger partial charge in [-0.05, 0) is 31.5 Å². The molecule has 0 bridgehead atoms. The molecule has 1 aromatic heterocycles. The number of esters is 1.